The van der Waals surface area contributed by atoms with Gasteiger partial charge >= 0.3 is 12.1 Å². The first-order valence-electron chi connectivity index (χ1n) is 5.50. The standard InChI is InChI=1S/C8H16N2.C2HF3O2/c1-10-7-4-8(10)2-5-9-6-3-8;3-2(4,5)1(6)7/h9H,2-7H2,1H3;(H,6,7). The molecule has 0 bridgehead atoms. The van der Waals surface area contributed by atoms with E-state index in [1.807, 2.05) is 0 Å². The van der Waals surface area contributed by atoms with Gasteiger partial charge < -0.3 is 15.3 Å². The molecule has 2 fully saturated rings. The highest BCUT2D eigenvalue weighted by atomic mass is 19.4. The summed E-state index contributed by atoms with van der Waals surface area (Å²) in [4.78, 5) is 11.4. The minimum absolute atomic E-state index is 0.630. The molecule has 2 saturated heterocycles. The van der Waals surface area contributed by atoms with Crippen molar-refractivity contribution in [3.05, 3.63) is 0 Å². The number of rotatable bonds is 0. The van der Waals surface area contributed by atoms with Crippen molar-refractivity contribution >= 4 is 5.97 Å². The molecule has 0 unspecified atom stereocenters. The van der Waals surface area contributed by atoms with Gasteiger partial charge in [-0.25, -0.2) is 4.79 Å². The molecule has 0 saturated carbocycles. The zero-order chi connectivity index (χ0) is 13.1. The molecule has 17 heavy (non-hydrogen) atoms. The molecule has 2 aliphatic heterocycles. The van der Waals surface area contributed by atoms with E-state index in [0.717, 1.165) is 0 Å². The maximum atomic E-state index is 10.6. The van der Waals surface area contributed by atoms with Gasteiger partial charge in [-0.05, 0) is 39.4 Å². The summed E-state index contributed by atoms with van der Waals surface area (Å²) in [5.74, 6) is -2.76. The van der Waals surface area contributed by atoms with Crippen molar-refractivity contribution in [1.82, 2.24) is 10.2 Å². The number of alkyl halides is 3. The van der Waals surface area contributed by atoms with E-state index >= 15 is 0 Å². The normalized spacial score (nSPS) is 23.5. The summed E-state index contributed by atoms with van der Waals surface area (Å²) in [6, 6.07) is 0. The molecule has 0 radical (unpaired) electrons. The Balaban J connectivity index is 0.000000185. The Labute approximate surface area is 97.8 Å². The summed E-state index contributed by atoms with van der Waals surface area (Å²) < 4.78 is 31.7. The van der Waals surface area contributed by atoms with Crippen LogP contribution in [0.4, 0.5) is 13.2 Å². The first kappa shape index (κ1) is 14.2. The minimum Gasteiger partial charge on any atom is -0.475 e. The van der Waals surface area contributed by atoms with Crippen LogP contribution in [0.1, 0.15) is 19.3 Å². The Morgan fingerprint density at radius 3 is 1.94 bits per heavy atom. The smallest absolute Gasteiger partial charge is 0.475 e. The van der Waals surface area contributed by atoms with E-state index in [0.29, 0.717) is 5.54 Å². The van der Waals surface area contributed by atoms with E-state index in [-0.39, 0.29) is 0 Å². The lowest BCUT2D eigenvalue weighted by Crippen LogP contribution is -2.61. The molecule has 2 N–H and O–H groups in total. The number of carboxylic acid groups (broad SMARTS) is 1. The van der Waals surface area contributed by atoms with Gasteiger partial charge in [-0.2, -0.15) is 13.2 Å². The van der Waals surface area contributed by atoms with Crippen LogP contribution < -0.4 is 5.32 Å². The fourth-order valence-electron chi connectivity index (χ4n) is 2.18. The number of carbonyl (C=O) groups is 1. The molecule has 0 aromatic heterocycles. The second-order valence-electron chi connectivity index (χ2n) is 4.45. The second kappa shape index (κ2) is 5.22. The highest BCUT2D eigenvalue weighted by molar-refractivity contribution is 5.73. The third-order valence-electron chi connectivity index (χ3n) is 3.50. The fourth-order valence-corrected chi connectivity index (χ4v) is 2.18. The van der Waals surface area contributed by atoms with E-state index < -0.39 is 12.1 Å². The zero-order valence-corrected chi connectivity index (χ0v) is 9.68. The predicted octanol–water partition coefficient (Wildman–Crippen LogP) is 1.08. The van der Waals surface area contributed by atoms with E-state index in [2.05, 4.69) is 17.3 Å². The summed E-state index contributed by atoms with van der Waals surface area (Å²) in [6.07, 6.45) is -0.918. The maximum Gasteiger partial charge on any atom is 0.490 e. The molecule has 2 heterocycles. The minimum atomic E-state index is -5.08. The molecular weight excluding hydrogens is 237 g/mol. The van der Waals surface area contributed by atoms with Crippen LogP contribution in [0.25, 0.3) is 0 Å². The summed E-state index contributed by atoms with van der Waals surface area (Å²) in [6.45, 7) is 3.77. The Bertz CT molecular complexity index is 275. The van der Waals surface area contributed by atoms with Crippen LogP contribution in [0.5, 0.6) is 0 Å². The molecule has 2 aliphatic rings. The van der Waals surface area contributed by atoms with Crippen LogP contribution >= 0.6 is 0 Å². The van der Waals surface area contributed by atoms with Crippen molar-refractivity contribution in [2.45, 2.75) is 31.0 Å². The van der Waals surface area contributed by atoms with Gasteiger partial charge in [0.25, 0.3) is 0 Å². The first-order chi connectivity index (χ1) is 7.78. The number of hydrogen-bond donors (Lipinski definition) is 2. The monoisotopic (exact) mass is 254 g/mol. The van der Waals surface area contributed by atoms with Crippen molar-refractivity contribution in [1.29, 1.82) is 0 Å². The lowest BCUT2D eigenvalue weighted by atomic mass is 9.77. The van der Waals surface area contributed by atoms with Gasteiger partial charge in [-0.1, -0.05) is 0 Å². The average molecular weight is 254 g/mol. The van der Waals surface area contributed by atoms with Gasteiger partial charge in [0.1, 0.15) is 0 Å². The lowest BCUT2D eigenvalue weighted by molar-refractivity contribution is -0.192. The average Bonchev–Trinajstić information content (AvgIpc) is 2.28. The van der Waals surface area contributed by atoms with Crippen molar-refractivity contribution < 1.29 is 23.1 Å². The molecule has 0 atom stereocenters. The molecule has 100 valence electrons. The van der Waals surface area contributed by atoms with E-state index in [9.17, 15) is 13.2 Å². The summed E-state index contributed by atoms with van der Waals surface area (Å²) >= 11 is 0. The van der Waals surface area contributed by atoms with Crippen LogP contribution in [0, 0.1) is 0 Å². The maximum absolute atomic E-state index is 10.6. The summed E-state index contributed by atoms with van der Waals surface area (Å²) in [5, 5.41) is 10.5. The number of piperidine rings is 1. The van der Waals surface area contributed by atoms with Gasteiger partial charge in [0.05, 0.1) is 0 Å². The van der Waals surface area contributed by atoms with E-state index in [1.54, 1.807) is 0 Å². The van der Waals surface area contributed by atoms with Crippen molar-refractivity contribution in [3.8, 4) is 0 Å². The lowest BCUT2D eigenvalue weighted by Gasteiger charge is -2.53. The quantitative estimate of drug-likeness (QED) is 0.679. The fraction of sp³-hybridized carbons (Fsp3) is 0.900. The second-order valence-corrected chi connectivity index (χ2v) is 4.45. The highest BCUT2D eigenvalue weighted by Crippen LogP contribution is 2.36. The van der Waals surface area contributed by atoms with Gasteiger partial charge in [0, 0.05) is 12.1 Å². The third kappa shape index (κ3) is 3.57. The number of nitrogens with zero attached hydrogens (tertiary/aromatic N) is 1. The number of aliphatic carboxylic acids is 1. The molecule has 0 aromatic rings. The van der Waals surface area contributed by atoms with Gasteiger partial charge in [0.2, 0.25) is 0 Å². The molecule has 0 amide bonds. The molecule has 7 heteroatoms. The van der Waals surface area contributed by atoms with E-state index in [4.69, 9.17) is 9.90 Å². The van der Waals surface area contributed by atoms with Crippen molar-refractivity contribution in [2.24, 2.45) is 0 Å². The number of nitrogens with one attached hydrogen (secondary N) is 1. The summed E-state index contributed by atoms with van der Waals surface area (Å²) in [7, 11) is 2.26. The molecule has 4 nitrogen and oxygen atoms in total. The Morgan fingerprint density at radius 1 is 1.29 bits per heavy atom. The van der Waals surface area contributed by atoms with Crippen LogP contribution in [-0.2, 0) is 4.79 Å². The topological polar surface area (TPSA) is 52.6 Å². The summed E-state index contributed by atoms with van der Waals surface area (Å²) in [5.41, 5.74) is 0.630. The predicted molar refractivity (Wildman–Crippen MR) is 55.8 cm³/mol. The number of likely N-dealkylation sites (tertiary alicyclic amines) is 1. The Hall–Kier alpha value is -0.820. The Morgan fingerprint density at radius 2 is 1.76 bits per heavy atom. The SMILES string of the molecule is CN1CCC12CCNCC2.O=C(O)C(F)(F)F. The molecule has 1 spiro atoms. The van der Waals surface area contributed by atoms with Crippen LogP contribution in [0.3, 0.4) is 0 Å². The number of halogens is 3. The third-order valence-corrected chi connectivity index (χ3v) is 3.50. The van der Waals surface area contributed by atoms with Crippen molar-refractivity contribution in [3.63, 3.8) is 0 Å². The molecule has 0 aromatic carbocycles. The molecule has 0 aliphatic carbocycles. The van der Waals surface area contributed by atoms with Gasteiger partial charge in [-0.15, -0.1) is 0 Å². The van der Waals surface area contributed by atoms with E-state index in [1.165, 1.54) is 38.9 Å². The number of carboxylic acids is 1. The van der Waals surface area contributed by atoms with Crippen LogP contribution in [0.15, 0.2) is 0 Å². The van der Waals surface area contributed by atoms with Gasteiger partial charge in [-0.3, -0.25) is 0 Å². The number of hydrogen-bond acceptors (Lipinski definition) is 3. The van der Waals surface area contributed by atoms with Crippen LogP contribution in [-0.4, -0.2) is 54.4 Å². The Kier molecular flexibility index (Phi) is 4.37. The molecule has 2 rings (SSSR count). The molecular formula is C10H17F3N2O2. The van der Waals surface area contributed by atoms with Crippen LogP contribution in [0.2, 0.25) is 0 Å². The zero-order valence-electron chi connectivity index (χ0n) is 9.68. The van der Waals surface area contributed by atoms with Crippen molar-refractivity contribution in [2.75, 3.05) is 26.7 Å². The van der Waals surface area contributed by atoms with Gasteiger partial charge in [0.15, 0.2) is 0 Å². The largest absolute Gasteiger partial charge is 0.490 e. The first-order valence-corrected chi connectivity index (χ1v) is 5.50. The highest BCUT2D eigenvalue weighted by Gasteiger charge is 2.42.